The first-order valence-electron chi connectivity index (χ1n) is 8.98. The Balaban J connectivity index is 1.36. The van der Waals surface area contributed by atoms with Crippen molar-refractivity contribution in [2.75, 3.05) is 31.1 Å². The Labute approximate surface area is 169 Å². The van der Waals surface area contributed by atoms with Crippen LogP contribution in [-0.2, 0) is 12.7 Å². The molecule has 1 saturated heterocycles. The number of aromatic nitrogens is 2. The zero-order chi connectivity index (χ0) is 19.6. The number of rotatable bonds is 4. The number of anilines is 1. The Hall–Kier alpha value is -1.97. The summed E-state index contributed by atoms with van der Waals surface area (Å²) in [5.74, 6) is 0.600. The average molecular weight is 425 g/mol. The van der Waals surface area contributed by atoms with Gasteiger partial charge < -0.3 is 4.90 Å². The second-order valence-corrected chi connectivity index (χ2v) is 8.45. The highest BCUT2D eigenvalue weighted by Gasteiger charge is 2.31. The van der Waals surface area contributed by atoms with Gasteiger partial charge in [0.25, 0.3) is 0 Å². The standard InChI is InChI=1S/C19H19F3N4S2/c20-19(21,22)14-4-5-17(23-11-14)26-7-2-6-25(8-9-26)12-15-13-28-18(24-15)16-3-1-10-27-16/h1,3-5,10-11,13H,2,6-9,12H2. The maximum atomic E-state index is 12.7. The smallest absolute Gasteiger partial charge is 0.355 e. The van der Waals surface area contributed by atoms with E-state index in [2.05, 4.69) is 31.6 Å². The van der Waals surface area contributed by atoms with E-state index in [1.807, 2.05) is 6.07 Å². The van der Waals surface area contributed by atoms with Crippen molar-refractivity contribution in [3.63, 3.8) is 0 Å². The van der Waals surface area contributed by atoms with Gasteiger partial charge in [-0.25, -0.2) is 9.97 Å². The molecule has 0 saturated carbocycles. The third-order valence-corrected chi connectivity index (χ3v) is 6.59. The fourth-order valence-electron chi connectivity index (χ4n) is 3.22. The maximum Gasteiger partial charge on any atom is 0.417 e. The minimum Gasteiger partial charge on any atom is -0.355 e. The van der Waals surface area contributed by atoms with Crippen molar-refractivity contribution >= 4 is 28.5 Å². The monoisotopic (exact) mass is 424 g/mol. The van der Waals surface area contributed by atoms with Crippen molar-refractivity contribution < 1.29 is 13.2 Å². The van der Waals surface area contributed by atoms with Crippen LogP contribution >= 0.6 is 22.7 Å². The average Bonchev–Trinajstić information content (AvgIpc) is 3.30. The summed E-state index contributed by atoms with van der Waals surface area (Å²) in [4.78, 5) is 14.4. The fraction of sp³-hybridized carbons (Fsp3) is 0.368. The van der Waals surface area contributed by atoms with Crippen LogP contribution in [0.15, 0.2) is 41.2 Å². The second kappa shape index (κ2) is 8.18. The molecule has 4 nitrogen and oxygen atoms in total. The maximum absolute atomic E-state index is 12.7. The summed E-state index contributed by atoms with van der Waals surface area (Å²) in [6.07, 6.45) is -2.50. The summed E-state index contributed by atoms with van der Waals surface area (Å²) in [5, 5.41) is 5.21. The molecule has 3 aromatic rings. The Morgan fingerprint density at radius 2 is 1.93 bits per heavy atom. The molecule has 4 rings (SSSR count). The molecule has 1 aliphatic rings. The molecule has 4 heterocycles. The minimum atomic E-state index is -4.35. The van der Waals surface area contributed by atoms with Gasteiger partial charge in [0.05, 0.1) is 16.1 Å². The highest BCUT2D eigenvalue weighted by atomic mass is 32.1. The molecule has 1 aliphatic heterocycles. The predicted molar refractivity (Wildman–Crippen MR) is 107 cm³/mol. The summed E-state index contributed by atoms with van der Waals surface area (Å²) >= 11 is 3.35. The molecule has 0 atom stereocenters. The lowest BCUT2D eigenvalue weighted by Gasteiger charge is -2.22. The number of hydrogen-bond donors (Lipinski definition) is 0. The van der Waals surface area contributed by atoms with Crippen LogP contribution in [0, 0.1) is 0 Å². The van der Waals surface area contributed by atoms with E-state index in [-0.39, 0.29) is 0 Å². The van der Waals surface area contributed by atoms with E-state index in [9.17, 15) is 13.2 Å². The quantitative estimate of drug-likeness (QED) is 0.590. The molecule has 9 heteroatoms. The number of thiazole rings is 1. The van der Waals surface area contributed by atoms with Crippen LogP contribution in [0.4, 0.5) is 19.0 Å². The number of hydrogen-bond acceptors (Lipinski definition) is 6. The first kappa shape index (κ1) is 19.4. The topological polar surface area (TPSA) is 32.3 Å². The third kappa shape index (κ3) is 4.53. The van der Waals surface area contributed by atoms with Crippen molar-refractivity contribution in [3.8, 4) is 9.88 Å². The van der Waals surface area contributed by atoms with Crippen LogP contribution in [0.2, 0.25) is 0 Å². The number of alkyl halides is 3. The Morgan fingerprint density at radius 1 is 1.04 bits per heavy atom. The number of nitrogens with zero attached hydrogens (tertiary/aromatic N) is 4. The van der Waals surface area contributed by atoms with Crippen molar-refractivity contribution in [1.82, 2.24) is 14.9 Å². The van der Waals surface area contributed by atoms with Crippen molar-refractivity contribution in [3.05, 3.63) is 52.5 Å². The van der Waals surface area contributed by atoms with Gasteiger partial charge in [-0.15, -0.1) is 22.7 Å². The summed E-state index contributed by atoms with van der Waals surface area (Å²) in [6.45, 7) is 4.07. The van der Waals surface area contributed by atoms with Gasteiger partial charge in [0.2, 0.25) is 0 Å². The molecule has 0 amide bonds. The van der Waals surface area contributed by atoms with Gasteiger partial charge in [-0.3, -0.25) is 4.90 Å². The van der Waals surface area contributed by atoms with Crippen molar-refractivity contribution in [1.29, 1.82) is 0 Å². The van der Waals surface area contributed by atoms with Gasteiger partial charge in [-0.2, -0.15) is 13.2 Å². The van der Waals surface area contributed by atoms with E-state index in [1.165, 1.54) is 10.9 Å². The van der Waals surface area contributed by atoms with E-state index in [0.29, 0.717) is 5.82 Å². The largest absolute Gasteiger partial charge is 0.417 e. The van der Waals surface area contributed by atoms with Crippen LogP contribution < -0.4 is 4.90 Å². The minimum absolute atomic E-state index is 0.600. The molecule has 0 radical (unpaired) electrons. The molecule has 0 N–H and O–H groups in total. The lowest BCUT2D eigenvalue weighted by atomic mass is 10.2. The molecule has 0 aliphatic carbocycles. The predicted octanol–water partition coefficient (Wildman–Crippen LogP) is 5.00. The molecule has 148 valence electrons. The molecule has 0 bridgehead atoms. The Morgan fingerprint density at radius 3 is 2.64 bits per heavy atom. The summed E-state index contributed by atoms with van der Waals surface area (Å²) in [5.41, 5.74) is 0.354. The molecule has 0 spiro atoms. The molecule has 28 heavy (non-hydrogen) atoms. The zero-order valence-corrected chi connectivity index (χ0v) is 16.7. The van der Waals surface area contributed by atoms with Crippen LogP contribution in [0.1, 0.15) is 17.7 Å². The highest BCUT2D eigenvalue weighted by Crippen LogP contribution is 2.30. The lowest BCUT2D eigenvalue weighted by Crippen LogP contribution is -2.31. The molecule has 3 aromatic heterocycles. The molecule has 0 unspecified atom stereocenters. The first-order valence-corrected chi connectivity index (χ1v) is 10.7. The summed E-state index contributed by atoms with van der Waals surface area (Å²) in [6, 6.07) is 6.67. The Kier molecular flexibility index (Phi) is 5.65. The van der Waals surface area contributed by atoms with E-state index < -0.39 is 11.7 Å². The van der Waals surface area contributed by atoms with Crippen LogP contribution in [0.25, 0.3) is 9.88 Å². The summed E-state index contributed by atoms with van der Waals surface area (Å²) in [7, 11) is 0. The number of pyridine rings is 1. The molecular weight excluding hydrogens is 405 g/mol. The lowest BCUT2D eigenvalue weighted by molar-refractivity contribution is -0.137. The van der Waals surface area contributed by atoms with Gasteiger partial charge >= 0.3 is 6.18 Å². The van der Waals surface area contributed by atoms with Gasteiger partial charge in [0.15, 0.2) is 0 Å². The van der Waals surface area contributed by atoms with Crippen molar-refractivity contribution in [2.24, 2.45) is 0 Å². The normalized spacial score (nSPS) is 16.3. The van der Waals surface area contributed by atoms with E-state index in [0.717, 1.165) is 62.1 Å². The molecular formula is C19H19F3N4S2. The Bertz CT molecular complexity index is 891. The third-order valence-electron chi connectivity index (χ3n) is 4.66. The molecule has 1 fully saturated rings. The SMILES string of the molecule is FC(F)(F)c1ccc(N2CCCN(Cc3csc(-c4cccs4)n3)CC2)nc1. The van der Waals surface area contributed by atoms with Crippen LogP contribution in [0.3, 0.4) is 0 Å². The first-order chi connectivity index (χ1) is 13.5. The van der Waals surface area contributed by atoms with Gasteiger partial charge in [0.1, 0.15) is 10.8 Å². The van der Waals surface area contributed by atoms with E-state index in [4.69, 9.17) is 4.98 Å². The van der Waals surface area contributed by atoms with Crippen LogP contribution in [0.5, 0.6) is 0 Å². The van der Waals surface area contributed by atoms with Gasteiger partial charge in [-0.05, 0) is 30.0 Å². The number of halogens is 3. The van der Waals surface area contributed by atoms with E-state index >= 15 is 0 Å². The molecule has 0 aromatic carbocycles. The van der Waals surface area contributed by atoms with Gasteiger partial charge in [0, 0.05) is 44.3 Å². The van der Waals surface area contributed by atoms with Crippen molar-refractivity contribution in [2.45, 2.75) is 19.1 Å². The van der Waals surface area contributed by atoms with Gasteiger partial charge in [-0.1, -0.05) is 6.07 Å². The van der Waals surface area contributed by atoms with E-state index in [1.54, 1.807) is 22.7 Å². The van der Waals surface area contributed by atoms with Crippen LogP contribution in [-0.4, -0.2) is 41.0 Å². The fourth-order valence-corrected chi connectivity index (χ4v) is 4.85. The number of thiophene rings is 1. The second-order valence-electron chi connectivity index (χ2n) is 6.64. The highest BCUT2D eigenvalue weighted by molar-refractivity contribution is 7.20. The summed E-state index contributed by atoms with van der Waals surface area (Å²) < 4.78 is 38.1. The zero-order valence-electron chi connectivity index (χ0n) is 15.0.